The molecule has 2 aliphatic heterocycles. The van der Waals surface area contributed by atoms with E-state index >= 15 is 0 Å². The number of rotatable bonds is 1. The maximum Gasteiger partial charge on any atom is 0.224 e. The first-order valence-electron chi connectivity index (χ1n) is 5.42. The summed E-state index contributed by atoms with van der Waals surface area (Å²) in [6.45, 7) is 3.23. The van der Waals surface area contributed by atoms with Crippen molar-refractivity contribution in [3.05, 3.63) is 11.0 Å². The lowest BCUT2D eigenvalue weighted by Gasteiger charge is -2.29. The number of nitrogens with zero attached hydrogens (tertiary/aromatic N) is 3. The summed E-state index contributed by atoms with van der Waals surface area (Å²) in [5.41, 5.74) is 1.02. The number of hydrogen-bond acceptors (Lipinski definition) is 5. The van der Waals surface area contributed by atoms with Crippen molar-refractivity contribution >= 4 is 45.1 Å². The van der Waals surface area contributed by atoms with Crippen LogP contribution in [0.4, 0.5) is 5.82 Å². The Morgan fingerprint density at radius 3 is 2.88 bits per heavy atom. The molecule has 0 N–H and O–H groups in total. The first-order valence-corrected chi connectivity index (χ1v) is 7.70. The van der Waals surface area contributed by atoms with Crippen molar-refractivity contribution in [3.63, 3.8) is 0 Å². The molecule has 4 nitrogen and oxygen atoms in total. The van der Waals surface area contributed by atoms with Crippen LogP contribution in [0.2, 0.25) is 5.28 Å². The Balaban J connectivity index is 2.01. The summed E-state index contributed by atoms with van der Waals surface area (Å²) in [7, 11) is 0. The third kappa shape index (κ3) is 2.28. The monoisotopic (exact) mass is 335 g/mol. The highest BCUT2D eigenvalue weighted by molar-refractivity contribution is 9.09. The van der Waals surface area contributed by atoms with E-state index in [4.69, 9.17) is 16.3 Å². The SMILES string of the molecule is Clc1nc2c(c(N3CCOCC3)n1)SCC2Br. The molecule has 3 rings (SSSR count). The van der Waals surface area contributed by atoms with Gasteiger partial charge in [-0.1, -0.05) is 15.9 Å². The van der Waals surface area contributed by atoms with Crippen molar-refractivity contribution in [1.82, 2.24) is 9.97 Å². The highest BCUT2D eigenvalue weighted by Gasteiger charge is 2.29. The quantitative estimate of drug-likeness (QED) is 0.582. The average Bonchev–Trinajstić information content (AvgIpc) is 2.72. The van der Waals surface area contributed by atoms with Gasteiger partial charge in [0.15, 0.2) is 0 Å². The minimum Gasteiger partial charge on any atom is -0.378 e. The lowest BCUT2D eigenvalue weighted by atomic mass is 10.3. The van der Waals surface area contributed by atoms with Gasteiger partial charge in [0.2, 0.25) is 5.28 Å². The zero-order valence-corrected chi connectivity index (χ0v) is 12.2. The molecule has 1 aromatic rings. The fourth-order valence-electron chi connectivity index (χ4n) is 2.00. The summed E-state index contributed by atoms with van der Waals surface area (Å²) in [5.74, 6) is 1.96. The molecule has 1 unspecified atom stereocenters. The summed E-state index contributed by atoms with van der Waals surface area (Å²) < 4.78 is 5.36. The van der Waals surface area contributed by atoms with Crippen LogP contribution in [-0.4, -0.2) is 42.0 Å². The van der Waals surface area contributed by atoms with Gasteiger partial charge in [-0.05, 0) is 11.6 Å². The van der Waals surface area contributed by atoms with Gasteiger partial charge >= 0.3 is 0 Å². The van der Waals surface area contributed by atoms with Crippen molar-refractivity contribution in [2.75, 3.05) is 37.0 Å². The Kier molecular flexibility index (Phi) is 3.47. The van der Waals surface area contributed by atoms with Crippen molar-refractivity contribution in [2.24, 2.45) is 0 Å². The van der Waals surface area contributed by atoms with Gasteiger partial charge in [0, 0.05) is 18.8 Å². The normalized spacial score (nSPS) is 23.9. The molecule has 3 heterocycles. The Morgan fingerprint density at radius 1 is 1.35 bits per heavy atom. The van der Waals surface area contributed by atoms with Crippen LogP contribution in [-0.2, 0) is 4.74 Å². The molecule has 0 aliphatic carbocycles. The van der Waals surface area contributed by atoms with Gasteiger partial charge in [-0.2, -0.15) is 4.98 Å². The van der Waals surface area contributed by atoms with E-state index in [0.29, 0.717) is 5.28 Å². The molecule has 0 bridgehead atoms. The Morgan fingerprint density at radius 2 is 2.12 bits per heavy atom. The molecule has 0 spiro atoms. The predicted molar refractivity (Wildman–Crippen MR) is 72.5 cm³/mol. The Bertz CT molecular complexity index is 442. The molecule has 2 aliphatic rings. The molecule has 17 heavy (non-hydrogen) atoms. The molecular formula is C10H11BrClN3OS. The van der Waals surface area contributed by atoms with Crippen molar-refractivity contribution < 1.29 is 4.74 Å². The Hall–Kier alpha value is -0.0400. The number of ether oxygens (including phenoxy) is 1. The standard InChI is InChI=1S/C10H11BrClN3OS/c11-6-5-17-8-7(6)13-10(12)14-9(8)15-1-3-16-4-2-15/h6H,1-5H2. The number of halogens is 2. The third-order valence-electron chi connectivity index (χ3n) is 2.83. The number of aromatic nitrogens is 2. The largest absolute Gasteiger partial charge is 0.378 e. The fraction of sp³-hybridized carbons (Fsp3) is 0.600. The minimum absolute atomic E-state index is 0.280. The van der Waals surface area contributed by atoms with Gasteiger partial charge in [0.1, 0.15) is 5.82 Å². The van der Waals surface area contributed by atoms with E-state index in [1.54, 1.807) is 11.8 Å². The molecule has 1 aromatic heterocycles. The van der Waals surface area contributed by atoms with Crippen LogP contribution in [0.15, 0.2) is 4.90 Å². The van der Waals surface area contributed by atoms with Gasteiger partial charge in [-0.15, -0.1) is 11.8 Å². The number of fused-ring (bicyclic) bond motifs is 1. The molecule has 1 fully saturated rings. The van der Waals surface area contributed by atoms with Gasteiger partial charge in [0.05, 0.1) is 28.6 Å². The number of alkyl halides is 1. The zero-order chi connectivity index (χ0) is 11.8. The van der Waals surface area contributed by atoms with Crippen LogP contribution >= 0.6 is 39.3 Å². The van der Waals surface area contributed by atoms with E-state index in [1.807, 2.05) is 0 Å². The maximum atomic E-state index is 6.00. The summed E-state index contributed by atoms with van der Waals surface area (Å²) >= 11 is 11.4. The van der Waals surface area contributed by atoms with Gasteiger partial charge in [0.25, 0.3) is 0 Å². The van der Waals surface area contributed by atoms with Crippen LogP contribution in [0.5, 0.6) is 0 Å². The van der Waals surface area contributed by atoms with Gasteiger partial charge in [-0.25, -0.2) is 4.98 Å². The molecule has 0 aromatic carbocycles. The summed E-state index contributed by atoms with van der Waals surface area (Å²) in [6, 6.07) is 0. The van der Waals surface area contributed by atoms with Crippen molar-refractivity contribution in [3.8, 4) is 0 Å². The van der Waals surface area contributed by atoms with Crippen molar-refractivity contribution in [2.45, 2.75) is 9.72 Å². The lowest BCUT2D eigenvalue weighted by molar-refractivity contribution is 0.122. The van der Waals surface area contributed by atoms with Gasteiger partial charge in [-0.3, -0.25) is 0 Å². The van der Waals surface area contributed by atoms with E-state index < -0.39 is 0 Å². The van der Waals surface area contributed by atoms with E-state index in [1.165, 1.54) is 0 Å². The zero-order valence-electron chi connectivity index (χ0n) is 9.03. The lowest BCUT2D eigenvalue weighted by Crippen LogP contribution is -2.37. The van der Waals surface area contributed by atoms with E-state index in [2.05, 4.69) is 30.8 Å². The highest BCUT2D eigenvalue weighted by Crippen LogP contribution is 2.46. The Labute approximate surface area is 117 Å². The van der Waals surface area contributed by atoms with Crippen LogP contribution < -0.4 is 4.90 Å². The molecule has 0 saturated carbocycles. The number of anilines is 1. The van der Waals surface area contributed by atoms with E-state index in [-0.39, 0.29) is 4.83 Å². The molecular weight excluding hydrogens is 326 g/mol. The summed E-state index contributed by atoms with van der Waals surface area (Å²) in [6.07, 6.45) is 0. The molecule has 1 atom stereocenters. The molecule has 0 amide bonds. The number of thioether (sulfide) groups is 1. The first kappa shape index (κ1) is 12.0. The van der Waals surface area contributed by atoms with Crippen LogP contribution in [0.25, 0.3) is 0 Å². The van der Waals surface area contributed by atoms with Crippen LogP contribution in [0.1, 0.15) is 10.5 Å². The maximum absolute atomic E-state index is 6.00. The first-order chi connectivity index (χ1) is 8.25. The second kappa shape index (κ2) is 4.91. The average molecular weight is 337 g/mol. The second-order valence-electron chi connectivity index (χ2n) is 3.91. The molecule has 92 valence electrons. The molecule has 7 heteroatoms. The highest BCUT2D eigenvalue weighted by atomic mass is 79.9. The fourth-order valence-corrected chi connectivity index (χ4v) is 4.16. The number of morpholine rings is 1. The smallest absolute Gasteiger partial charge is 0.224 e. The summed E-state index contributed by atoms with van der Waals surface area (Å²) in [5, 5.41) is 0.331. The second-order valence-corrected chi connectivity index (χ2v) is 6.38. The van der Waals surface area contributed by atoms with Crippen LogP contribution in [0.3, 0.4) is 0 Å². The minimum atomic E-state index is 0.280. The molecule has 1 saturated heterocycles. The van der Waals surface area contributed by atoms with Crippen molar-refractivity contribution in [1.29, 1.82) is 0 Å². The summed E-state index contributed by atoms with van der Waals surface area (Å²) in [4.78, 5) is 12.4. The van der Waals surface area contributed by atoms with Gasteiger partial charge < -0.3 is 9.64 Å². The predicted octanol–water partition coefficient (Wildman–Crippen LogP) is 2.51. The molecule has 0 radical (unpaired) electrons. The number of hydrogen-bond donors (Lipinski definition) is 0. The van der Waals surface area contributed by atoms with Crippen LogP contribution in [0, 0.1) is 0 Å². The topological polar surface area (TPSA) is 38.2 Å². The third-order valence-corrected chi connectivity index (χ3v) is 5.36. The van der Waals surface area contributed by atoms with E-state index in [9.17, 15) is 0 Å². The van der Waals surface area contributed by atoms with E-state index in [0.717, 1.165) is 48.5 Å².